The molecule has 2 aromatic carbocycles. The zero-order chi connectivity index (χ0) is 27.7. The Hall–Kier alpha value is -3.76. The zero-order valence-electron chi connectivity index (χ0n) is 23.6. The normalized spacial score (nSPS) is 16.6. The smallest absolute Gasteiger partial charge is 0.266 e. The predicted molar refractivity (Wildman–Crippen MR) is 157 cm³/mol. The van der Waals surface area contributed by atoms with Crippen LogP contribution in [0.25, 0.3) is 0 Å². The molecule has 0 aliphatic carbocycles. The van der Waals surface area contributed by atoms with Crippen LogP contribution in [-0.4, -0.2) is 106 Å². The van der Waals surface area contributed by atoms with Gasteiger partial charge in [-0.05, 0) is 30.3 Å². The summed E-state index contributed by atoms with van der Waals surface area (Å²) in [5.41, 5.74) is 1.09. The largest absolute Gasteiger partial charge is 0.495 e. The molecule has 3 aromatic rings. The summed E-state index contributed by atoms with van der Waals surface area (Å²) in [6.07, 6.45) is 0. The summed E-state index contributed by atoms with van der Waals surface area (Å²) >= 11 is 0. The van der Waals surface area contributed by atoms with E-state index in [2.05, 4.69) is 25.7 Å². The number of hydrogen-bond donors (Lipinski definition) is 0. The predicted octanol–water partition coefficient (Wildman–Crippen LogP) is 2.28. The van der Waals surface area contributed by atoms with Gasteiger partial charge in [-0.15, -0.1) is 0 Å². The third-order valence-corrected chi connectivity index (χ3v) is 7.71. The zero-order valence-corrected chi connectivity index (χ0v) is 23.6. The van der Waals surface area contributed by atoms with E-state index >= 15 is 0 Å². The molecule has 2 fully saturated rings. The van der Waals surface area contributed by atoms with Gasteiger partial charge in [0.2, 0.25) is 0 Å². The van der Waals surface area contributed by atoms with Gasteiger partial charge in [-0.3, -0.25) is 14.6 Å². The van der Waals surface area contributed by atoms with Crippen LogP contribution in [0.15, 0.2) is 65.5 Å². The van der Waals surface area contributed by atoms with Crippen LogP contribution in [0, 0.1) is 0 Å². The number of methoxy groups -OCH3 is 2. The molecular weight excluding hydrogens is 508 g/mol. The second kappa shape index (κ2) is 13.5. The van der Waals surface area contributed by atoms with Crippen molar-refractivity contribution in [3.63, 3.8) is 0 Å². The van der Waals surface area contributed by atoms with Crippen LogP contribution in [-0.2, 0) is 6.54 Å². The Labute approximate surface area is 236 Å². The number of ether oxygens (including phenoxy) is 3. The molecule has 10 heteroatoms. The third kappa shape index (κ3) is 6.86. The minimum atomic E-state index is -0.0523. The average Bonchev–Trinajstić information content (AvgIpc) is 3.01. The van der Waals surface area contributed by atoms with E-state index in [0.717, 1.165) is 94.2 Å². The lowest BCUT2D eigenvalue weighted by atomic mass is 10.2. The van der Waals surface area contributed by atoms with Crippen molar-refractivity contribution >= 4 is 11.5 Å². The van der Waals surface area contributed by atoms with Crippen molar-refractivity contribution < 1.29 is 14.2 Å². The maximum Gasteiger partial charge on any atom is 0.266 e. The fourth-order valence-electron chi connectivity index (χ4n) is 5.33. The first-order valence-corrected chi connectivity index (χ1v) is 14.1. The number of para-hydroxylation sites is 4. The van der Waals surface area contributed by atoms with Gasteiger partial charge in [0.25, 0.3) is 5.56 Å². The van der Waals surface area contributed by atoms with E-state index in [4.69, 9.17) is 19.3 Å². The van der Waals surface area contributed by atoms with Crippen LogP contribution >= 0.6 is 0 Å². The number of anilines is 2. The number of nitrogens with zero attached hydrogens (tertiary/aromatic N) is 6. The van der Waals surface area contributed by atoms with Crippen LogP contribution in [0.2, 0.25) is 0 Å². The SMILES string of the molecule is COc1ccccc1OCCN1CCN(c2ccc(=O)n(CCN3CCN(c4ccccc4OC)CC3)n2)CC1. The van der Waals surface area contributed by atoms with Gasteiger partial charge in [0, 0.05) is 71.5 Å². The Morgan fingerprint density at radius 1 is 0.650 bits per heavy atom. The molecule has 5 rings (SSSR count). The molecule has 2 saturated heterocycles. The lowest BCUT2D eigenvalue weighted by Gasteiger charge is -2.36. The van der Waals surface area contributed by atoms with Gasteiger partial charge in [-0.25, -0.2) is 4.68 Å². The highest BCUT2D eigenvalue weighted by Gasteiger charge is 2.21. The van der Waals surface area contributed by atoms with Crippen LogP contribution in [0.5, 0.6) is 17.2 Å². The minimum absolute atomic E-state index is 0.0523. The Balaban J connectivity index is 1.07. The molecule has 214 valence electrons. The molecular formula is C30H40N6O4. The van der Waals surface area contributed by atoms with Crippen molar-refractivity contribution in [1.82, 2.24) is 19.6 Å². The molecule has 2 aliphatic heterocycles. The van der Waals surface area contributed by atoms with E-state index in [1.807, 2.05) is 48.5 Å². The summed E-state index contributed by atoms with van der Waals surface area (Å²) in [6.45, 7) is 10.2. The molecule has 0 unspecified atom stereocenters. The van der Waals surface area contributed by atoms with Gasteiger partial charge in [0.05, 0.1) is 26.5 Å². The van der Waals surface area contributed by atoms with Gasteiger partial charge in [-0.2, -0.15) is 5.10 Å². The van der Waals surface area contributed by atoms with Crippen molar-refractivity contribution in [2.75, 3.05) is 96.1 Å². The number of piperazine rings is 2. The quantitative estimate of drug-likeness (QED) is 0.359. The first-order valence-electron chi connectivity index (χ1n) is 14.1. The lowest BCUT2D eigenvalue weighted by Crippen LogP contribution is -2.48. The standard InChI is InChI=1S/C30H40N6O4/c1-38-26-8-4-3-7-25(26)34-18-13-32(14-19-34)17-22-36-30(37)12-11-29(31-36)35-20-15-33(16-21-35)23-24-40-28-10-6-5-9-27(28)39-2/h3-12H,13-24H2,1-2H3. The molecule has 0 atom stereocenters. The second-order valence-electron chi connectivity index (χ2n) is 10.1. The highest BCUT2D eigenvalue weighted by molar-refractivity contribution is 5.58. The maximum absolute atomic E-state index is 12.6. The summed E-state index contributed by atoms with van der Waals surface area (Å²) in [5, 5.41) is 4.73. The van der Waals surface area contributed by atoms with Crippen molar-refractivity contribution in [2.45, 2.75) is 6.54 Å². The Morgan fingerprint density at radius 2 is 1.25 bits per heavy atom. The van der Waals surface area contributed by atoms with Crippen molar-refractivity contribution in [3.05, 3.63) is 71.0 Å². The molecule has 3 heterocycles. The summed E-state index contributed by atoms with van der Waals surface area (Å²) in [7, 11) is 3.37. The molecule has 0 radical (unpaired) electrons. The molecule has 0 bridgehead atoms. The van der Waals surface area contributed by atoms with E-state index in [-0.39, 0.29) is 5.56 Å². The summed E-state index contributed by atoms with van der Waals surface area (Å²) in [4.78, 5) is 22.0. The van der Waals surface area contributed by atoms with Gasteiger partial charge in [0.1, 0.15) is 18.2 Å². The minimum Gasteiger partial charge on any atom is -0.495 e. The fourth-order valence-corrected chi connectivity index (χ4v) is 5.33. The van der Waals surface area contributed by atoms with Crippen LogP contribution in [0.3, 0.4) is 0 Å². The van der Waals surface area contributed by atoms with E-state index < -0.39 is 0 Å². The van der Waals surface area contributed by atoms with Crippen LogP contribution in [0.1, 0.15) is 0 Å². The number of hydrogen-bond acceptors (Lipinski definition) is 9. The highest BCUT2D eigenvalue weighted by atomic mass is 16.5. The topological polar surface area (TPSA) is 75.5 Å². The summed E-state index contributed by atoms with van der Waals surface area (Å²) < 4.78 is 18.5. The van der Waals surface area contributed by atoms with Crippen molar-refractivity contribution in [3.8, 4) is 17.2 Å². The Kier molecular flexibility index (Phi) is 9.41. The monoisotopic (exact) mass is 548 g/mol. The van der Waals surface area contributed by atoms with Gasteiger partial charge in [0.15, 0.2) is 11.5 Å². The van der Waals surface area contributed by atoms with Crippen LogP contribution < -0.4 is 29.6 Å². The molecule has 0 spiro atoms. The van der Waals surface area contributed by atoms with E-state index in [1.54, 1.807) is 25.0 Å². The molecule has 10 nitrogen and oxygen atoms in total. The third-order valence-electron chi connectivity index (χ3n) is 7.71. The Morgan fingerprint density at radius 3 is 1.95 bits per heavy atom. The van der Waals surface area contributed by atoms with Gasteiger partial charge < -0.3 is 24.0 Å². The number of rotatable bonds is 11. The van der Waals surface area contributed by atoms with E-state index in [9.17, 15) is 4.79 Å². The average molecular weight is 549 g/mol. The first-order chi connectivity index (χ1) is 19.6. The second-order valence-corrected chi connectivity index (χ2v) is 10.1. The molecule has 2 aliphatic rings. The molecule has 0 N–H and O–H groups in total. The van der Waals surface area contributed by atoms with Gasteiger partial charge in [-0.1, -0.05) is 24.3 Å². The Bertz CT molecular complexity index is 1280. The molecule has 0 amide bonds. The highest BCUT2D eigenvalue weighted by Crippen LogP contribution is 2.28. The summed E-state index contributed by atoms with van der Waals surface area (Å²) in [5.74, 6) is 3.30. The molecule has 40 heavy (non-hydrogen) atoms. The van der Waals surface area contributed by atoms with Crippen LogP contribution in [0.4, 0.5) is 11.5 Å². The number of benzene rings is 2. The summed E-state index contributed by atoms with van der Waals surface area (Å²) in [6, 6.07) is 19.4. The maximum atomic E-state index is 12.6. The van der Waals surface area contributed by atoms with Gasteiger partial charge >= 0.3 is 0 Å². The van der Waals surface area contributed by atoms with E-state index in [1.165, 1.54) is 0 Å². The lowest BCUT2D eigenvalue weighted by molar-refractivity contribution is 0.196. The first kappa shape index (κ1) is 27.8. The molecule has 0 saturated carbocycles. The molecule has 1 aromatic heterocycles. The van der Waals surface area contributed by atoms with Crippen molar-refractivity contribution in [2.24, 2.45) is 0 Å². The van der Waals surface area contributed by atoms with Crippen molar-refractivity contribution in [1.29, 1.82) is 0 Å². The van der Waals surface area contributed by atoms with E-state index in [0.29, 0.717) is 13.2 Å². The fraction of sp³-hybridized carbons (Fsp3) is 0.467. The number of aromatic nitrogens is 2.